The molecule has 0 saturated carbocycles. The van der Waals surface area contributed by atoms with Gasteiger partial charge >= 0.3 is 0 Å². The normalized spacial score (nSPS) is 12.3. The largest absolute Gasteiger partial charge is 0.456 e. The van der Waals surface area contributed by atoms with E-state index in [0.29, 0.717) is 0 Å². The van der Waals surface area contributed by atoms with Crippen molar-refractivity contribution < 1.29 is 4.42 Å². The molecule has 7 aromatic rings. The molecule has 0 aliphatic carbocycles. The van der Waals surface area contributed by atoms with Crippen molar-refractivity contribution in [2.24, 2.45) is 0 Å². The monoisotopic (exact) mass is 357 g/mol. The molecule has 0 unspecified atom stereocenters. The molecule has 0 atom stereocenters. The maximum atomic E-state index is 6.18. The van der Waals surface area contributed by atoms with Crippen LogP contribution in [-0.2, 0) is 0 Å². The highest BCUT2D eigenvalue weighted by atomic mass is 16.3. The fourth-order valence-corrected chi connectivity index (χ4v) is 4.81. The van der Waals surface area contributed by atoms with Gasteiger partial charge in [0.15, 0.2) is 0 Å². The Kier molecular flexibility index (Phi) is 2.52. The van der Waals surface area contributed by atoms with Gasteiger partial charge in [0.25, 0.3) is 0 Å². The number of para-hydroxylation sites is 2. The molecule has 2 heteroatoms. The van der Waals surface area contributed by atoms with E-state index >= 15 is 0 Å². The lowest BCUT2D eigenvalue weighted by atomic mass is 9.98. The summed E-state index contributed by atoms with van der Waals surface area (Å²) in [5.41, 5.74) is 4.36. The number of benzene rings is 4. The lowest BCUT2D eigenvalue weighted by molar-refractivity contribution is 0.669. The van der Waals surface area contributed by atoms with Gasteiger partial charge in [0, 0.05) is 43.9 Å². The molecule has 3 aromatic heterocycles. The second-order valence-electron chi connectivity index (χ2n) is 7.41. The molecule has 0 bridgehead atoms. The Balaban J connectivity index is 1.92. The van der Waals surface area contributed by atoms with Crippen molar-refractivity contribution >= 4 is 59.9 Å². The summed E-state index contributed by atoms with van der Waals surface area (Å²) >= 11 is 0. The first-order valence-electron chi connectivity index (χ1n) is 9.55. The fraction of sp³-hybridized carbons (Fsp3) is 0. The van der Waals surface area contributed by atoms with Crippen LogP contribution in [0.1, 0.15) is 0 Å². The van der Waals surface area contributed by atoms with E-state index in [0.717, 1.165) is 11.2 Å². The Morgan fingerprint density at radius 2 is 1.29 bits per heavy atom. The molecule has 3 heterocycles. The van der Waals surface area contributed by atoms with Gasteiger partial charge in [-0.3, -0.25) is 0 Å². The third kappa shape index (κ3) is 1.64. The molecule has 0 radical (unpaired) electrons. The summed E-state index contributed by atoms with van der Waals surface area (Å²) in [6.45, 7) is 0. The lowest BCUT2D eigenvalue weighted by Crippen LogP contribution is -1.89. The van der Waals surface area contributed by atoms with E-state index in [4.69, 9.17) is 4.42 Å². The first-order valence-corrected chi connectivity index (χ1v) is 9.55. The minimum absolute atomic E-state index is 0.939. The quantitative estimate of drug-likeness (QED) is 0.260. The molecule has 0 aliphatic rings. The Morgan fingerprint density at radius 3 is 2.21 bits per heavy atom. The van der Waals surface area contributed by atoms with Crippen molar-refractivity contribution in [3.63, 3.8) is 0 Å². The molecule has 0 amide bonds. The topological polar surface area (TPSA) is 17.6 Å². The summed E-state index contributed by atoms with van der Waals surface area (Å²) in [6, 6.07) is 30.0. The summed E-state index contributed by atoms with van der Waals surface area (Å²) in [6.07, 6.45) is 2.25. The van der Waals surface area contributed by atoms with Gasteiger partial charge in [-0.1, -0.05) is 60.7 Å². The highest BCUT2D eigenvalue weighted by Gasteiger charge is 2.17. The summed E-state index contributed by atoms with van der Waals surface area (Å²) in [5.74, 6) is 0. The fourth-order valence-electron chi connectivity index (χ4n) is 4.81. The summed E-state index contributed by atoms with van der Waals surface area (Å²) < 4.78 is 8.53. The van der Waals surface area contributed by atoms with E-state index in [2.05, 4.69) is 89.5 Å². The Hall–Kier alpha value is -3.78. The van der Waals surface area contributed by atoms with E-state index in [9.17, 15) is 0 Å². The van der Waals surface area contributed by atoms with Gasteiger partial charge in [0.05, 0.1) is 11.0 Å². The zero-order valence-electron chi connectivity index (χ0n) is 15.0. The van der Waals surface area contributed by atoms with Crippen LogP contribution in [0.2, 0.25) is 0 Å². The van der Waals surface area contributed by atoms with Crippen LogP contribution < -0.4 is 0 Å². The average Bonchev–Trinajstić information content (AvgIpc) is 3.32. The van der Waals surface area contributed by atoms with Crippen LogP contribution in [0.4, 0.5) is 0 Å². The second-order valence-corrected chi connectivity index (χ2v) is 7.41. The van der Waals surface area contributed by atoms with Gasteiger partial charge in [0.1, 0.15) is 11.2 Å². The first kappa shape index (κ1) is 14.3. The summed E-state index contributed by atoms with van der Waals surface area (Å²) in [7, 11) is 0. The number of nitrogens with zero attached hydrogens (tertiary/aromatic N) is 1. The minimum Gasteiger partial charge on any atom is -0.456 e. The molecule has 0 saturated heterocycles. The maximum Gasteiger partial charge on any atom is 0.136 e. The minimum atomic E-state index is 0.939. The second kappa shape index (κ2) is 4.93. The third-order valence-electron chi connectivity index (χ3n) is 5.96. The van der Waals surface area contributed by atoms with Crippen molar-refractivity contribution in [2.45, 2.75) is 0 Å². The van der Waals surface area contributed by atoms with Gasteiger partial charge in [-0.2, -0.15) is 0 Å². The molecule has 4 aromatic carbocycles. The van der Waals surface area contributed by atoms with E-state index in [-0.39, 0.29) is 0 Å². The van der Waals surface area contributed by atoms with Crippen LogP contribution in [0.5, 0.6) is 0 Å². The van der Waals surface area contributed by atoms with E-state index in [1.54, 1.807) is 0 Å². The SMILES string of the molecule is c1ccc2c(c1)cn1c3ccccc3c3c(ccc4oc5ccccc5c43)c21. The van der Waals surface area contributed by atoms with Crippen LogP contribution >= 0.6 is 0 Å². The lowest BCUT2D eigenvalue weighted by Gasteiger charge is -2.10. The Labute approximate surface area is 160 Å². The number of pyridine rings is 1. The van der Waals surface area contributed by atoms with Crippen molar-refractivity contribution in [3.8, 4) is 0 Å². The molecule has 0 N–H and O–H groups in total. The molecular formula is C26H15NO. The van der Waals surface area contributed by atoms with Gasteiger partial charge < -0.3 is 8.82 Å². The number of furan rings is 1. The van der Waals surface area contributed by atoms with E-state index in [1.807, 2.05) is 6.07 Å². The van der Waals surface area contributed by atoms with Crippen LogP contribution in [0.25, 0.3) is 59.9 Å². The molecule has 28 heavy (non-hydrogen) atoms. The van der Waals surface area contributed by atoms with Crippen LogP contribution in [0.15, 0.2) is 95.5 Å². The van der Waals surface area contributed by atoms with Crippen LogP contribution in [0.3, 0.4) is 0 Å². The van der Waals surface area contributed by atoms with Crippen molar-refractivity contribution in [3.05, 3.63) is 91.1 Å². The number of fused-ring (bicyclic) bond motifs is 12. The van der Waals surface area contributed by atoms with Gasteiger partial charge in [-0.15, -0.1) is 0 Å². The maximum absolute atomic E-state index is 6.18. The highest BCUT2D eigenvalue weighted by Crippen LogP contribution is 2.41. The van der Waals surface area contributed by atoms with Gasteiger partial charge in [0.2, 0.25) is 0 Å². The van der Waals surface area contributed by atoms with Crippen molar-refractivity contribution in [1.29, 1.82) is 0 Å². The molecule has 0 spiro atoms. The van der Waals surface area contributed by atoms with Crippen molar-refractivity contribution in [2.75, 3.05) is 0 Å². The molecular weight excluding hydrogens is 342 g/mol. The zero-order valence-corrected chi connectivity index (χ0v) is 15.0. The standard InChI is InChI=1S/C26H15NO/c1-2-8-17-16(7-1)15-27-21-11-5-3-9-18(21)24-20(26(17)27)13-14-23-25(24)19-10-4-6-12-22(19)28-23/h1-15H. The van der Waals surface area contributed by atoms with E-state index < -0.39 is 0 Å². The van der Waals surface area contributed by atoms with Crippen molar-refractivity contribution in [1.82, 2.24) is 4.40 Å². The molecule has 7 rings (SSSR count). The number of rotatable bonds is 0. The predicted molar refractivity (Wildman–Crippen MR) is 117 cm³/mol. The van der Waals surface area contributed by atoms with Gasteiger partial charge in [-0.25, -0.2) is 0 Å². The smallest absolute Gasteiger partial charge is 0.136 e. The summed E-state index contributed by atoms with van der Waals surface area (Å²) in [5, 5.41) is 8.71. The third-order valence-corrected chi connectivity index (χ3v) is 5.96. The molecule has 130 valence electrons. The Morgan fingerprint density at radius 1 is 0.536 bits per heavy atom. The average molecular weight is 357 g/mol. The summed E-state index contributed by atoms with van der Waals surface area (Å²) in [4.78, 5) is 0. The number of aromatic nitrogens is 1. The Bertz CT molecular complexity index is 1700. The van der Waals surface area contributed by atoms with E-state index in [1.165, 1.54) is 48.7 Å². The predicted octanol–water partition coefficient (Wildman–Crippen LogP) is 7.30. The van der Waals surface area contributed by atoms with Gasteiger partial charge in [-0.05, 0) is 24.3 Å². The highest BCUT2D eigenvalue weighted by molar-refractivity contribution is 6.31. The molecule has 0 aliphatic heterocycles. The first-order chi connectivity index (χ1) is 13.9. The van der Waals surface area contributed by atoms with Crippen LogP contribution in [-0.4, -0.2) is 4.40 Å². The molecule has 0 fully saturated rings. The number of hydrogen-bond acceptors (Lipinski definition) is 1. The zero-order chi connectivity index (χ0) is 18.2. The molecule has 2 nitrogen and oxygen atoms in total. The number of hydrogen-bond donors (Lipinski definition) is 0. The van der Waals surface area contributed by atoms with Crippen LogP contribution in [0, 0.1) is 0 Å².